The SMILES string of the molecule is Cc1cnc(NC(=O)C2(C)CCCN2)s1. The Balaban J connectivity index is 2.03. The molecule has 2 N–H and O–H groups in total. The Labute approximate surface area is 93.1 Å². The summed E-state index contributed by atoms with van der Waals surface area (Å²) < 4.78 is 0. The fraction of sp³-hybridized carbons (Fsp3) is 0.600. The smallest absolute Gasteiger partial charge is 0.246 e. The maximum absolute atomic E-state index is 11.9. The van der Waals surface area contributed by atoms with Gasteiger partial charge in [0.15, 0.2) is 5.13 Å². The van der Waals surface area contributed by atoms with Crippen LogP contribution >= 0.6 is 11.3 Å². The van der Waals surface area contributed by atoms with E-state index in [1.807, 2.05) is 13.8 Å². The molecule has 5 heteroatoms. The van der Waals surface area contributed by atoms with E-state index < -0.39 is 5.54 Å². The molecule has 0 spiro atoms. The van der Waals surface area contributed by atoms with Gasteiger partial charge in [-0.25, -0.2) is 4.98 Å². The van der Waals surface area contributed by atoms with Gasteiger partial charge in [-0.3, -0.25) is 4.79 Å². The van der Waals surface area contributed by atoms with Gasteiger partial charge >= 0.3 is 0 Å². The Kier molecular flexibility index (Phi) is 2.75. The number of carbonyl (C=O) groups is 1. The van der Waals surface area contributed by atoms with E-state index in [0.29, 0.717) is 5.13 Å². The standard InChI is InChI=1S/C10H15N3OS/c1-7-6-11-9(15-7)13-8(14)10(2)4-3-5-12-10/h6,12H,3-5H2,1-2H3,(H,11,13,14). The van der Waals surface area contributed by atoms with Crippen molar-refractivity contribution in [3.8, 4) is 0 Å². The fourth-order valence-electron chi connectivity index (χ4n) is 1.74. The van der Waals surface area contributed by atoms with Gasteiger partial charge in [0.05, 0.1) is 5.54 Å². The van der Waals surface area contributed by atoms with Gasteiger partial charge in [0.2, 0.25) is 5.91 Å². The first-order valence-electron chi connectivity index (χ1n) is 5.09. The third-order valence-electron chi connectivity index (χ3n) is 2.71. The summed E-state index contributed by atoms with van der Waals surface area (Å²) in [5.41, 5.74) is -0.417. The summed E-state index contributed by atoms with van der Waals surface area (Å²) in [6, 6.07) is 0. The van der Waals surface area contributed by atoms with Crippen LogP contribution in [0.3, 0.4) is 0 Å². The number of anilines is 1. The Morgan fingerprint density at radius 1 is 1.73 bits per heavy atom. The highest BCUT2D eigenvalue weighted by Gasteiger charge is 2.36. The maximum Gasteiger partial charge on any atom is 0.246 e. The van der Waals surface area contributed by atoms with Crippen molar-refractivity contribution in [2.24, 2.45) is 0 Å². The average Bonchev–Trinajstić information content (AvgIpc) is 2.76. The second-order valence-corrected chi connectivity index (χ2v) is 5.33. The molecule has 1 aromatic heterocycles. The van der Waals surface area contributed by atoms with Crippen LogP contribution < -0.4 is 10.6 Å². The van der Waals surface area contributed by atoms with Crippen molar-refractivity contribution in [3.05, 3.63) is 11.1 Å². The van der Waals surface area contributed by atoms with Crippen LogP contribution in [0.1, 0.15) is 24.6 Å². The number of thiazole rings is 1. The molecular formula is C10H15N3OS. The zero-order valence-corrected chi connectivity index (χ0v) is 9.78. The summed E-state index contributed by atoms with van der Waals surface area (Å²) in [5, 5.41) is 6.76. The molecule has 1 saturated heterocycles. The lowest BCUT2D eigenvalue weighted by Crippen LogP contribution is -2.47. The Bertz CT molecular complexity index is 368. The van der Waals surface area contributed by atoms with E-state index in [1.54, 1.807) is 6.20 Å². The maximum atomic E-state index is 11.9. The molecule has 4 nitrogen and oxygen atoms in total. The quantitative estimate of drug-likeness (QED) is 0.802. The van der Waals surface area contributed by atoms with Crippen molar-refractivity contribution in [3.63, 3.8) is 0 Å². The van der Waals surface area contributed by atoms with Gasteiger partial charge < -0.3 is 10.6 Å². The van der Waals surface area contributed by atoms with Crippen LogP contribution in [0.4, 0.5) is 5.13 Å². The molecule has 1 aromatic rings. The summed E-state index contributed by atoms with van der Waals surface area (Å²) in [4.78, 5) is 17.2. The van der Waals surface area contributed by atoms with Gasteiger partial charge in [0.1, 0.15) is 0 Å². The summed E-state index contributed by atoms with van der Waals surface area (Å²) in [7, 11) is 0. The first kappa shape index (κ1) is 10.6. The minimum absolute atomic E-state index is 0.0225. The van der Waals surface area contributed by atoms with E-state index in [2.05, 4.69) is 15.6 Å². The molecule has 15 heavy (non-hydrogen) atoms. The van der Waals surface area contributed by atoms with Crippen LogP contribution in [-0.2, 0) is 4.79 Å². The van der Waals surface area contributed by atoms with Crippen molar-refractivity contribution < 1.29 is 4.79 Å². The van der Waals surface area contributed by atoms with E-state index in [1.165, 1.54) is 11.3 Å². The van der Waals surface area contributed by atoms with Gasteiger partial charge in [-0.1, -0.05) is 0 Å². The second-order valence-electron chi connectivity index (χ2n) is 4.09. The van der Waals surface area contributed by atoms with Gasteiger partial charge in [0, 0.05) is 11.1 Å². The molecule has 2 heterocycles. The van der Waals surface area contributed by atoms with Crippen molar-refractivity contribution in [1.29, 1.82) is 0 Å². The Morgan fingerprint density at radius 2 is 2.53 bits per heavy atom. The highest BCUT2D eigenvalue weighted by molar-refractivity contribution is 7.15. The van der Waals surface area contributed by atoms with Crippen LogP contribution in [0.25, 0.3) is 0 Å². The van der Waals surface area contributed by atoms with Crippen LogP contribution in [0.2, 0.25) is 0 Å². The normalized spacial score (nSPS) is 25.5. The highest BCUT2D eigenvalue weighted by Crippen LogP contribution is 2.22. The van der Waals surface area contributed by atoms with E-state index in [0.717, 1.165) is 24.3 Å². The highest BCUT2D eigenvalue weighted by atomic mass is 32.1. The predicted octanol–water partition coefficient (Wildman–Crippen LogP) is 1.53. The summed E-state index contributed by atoms with van der Waals surface area (Å²) in [6.45, 7) is 4.83. The number of aromatic nitrogens is 1. The van der Waals surface area contributed by atoms with Crippen LogP contribution in [-0.4, -0.2) is 23.0 Å². The van der Waals surface area contributed by atoms with Crippen LogP contribution in [0.5, 0.6) is 0 Å². The third-order valence-corrected chi connectivity index (χ3v) is 3.54. The first-order chi connectivity index (χ1) is 7.10. The number of hydrogen-bond donors (Lipinski definition) is 2. The average molecular weight is 225 g/mol. The fourth-order valence-corrected chi connectivity index (χ4v) is 2.40. The van der Waals surface area contributed by atoms with E-state index in [9.17, 15) is 4.79 Å². The van der Waals surface area contributed by atoms with Crippen molar-refractivity contribution in [1.82, 2.24) is 10.3 Å². The zero-order chi connectivity index (χ0) is 10.9. The largest absolute Gasteiger partial charge is 0.304 e. The van der Waals surface area contributed by atoms with Crippen molar-refractivity contribution in [2.45, 2.75) is 32.2 Å². The number of hydrogen-bond acceptors (Lipinski definition) is 4. The molecule has 2 rings (SSSR count). The van der Waals surface area contributed by atoms with Crippen LogP contribution in [0.15, 0.2) is 6.20 Å². The number of nitrogens with zero attached hydrogens (tertiary/aromatic N) is 1. The van der Waals surface area contributed by atoms with Gasteiger partial charge in [-0.2, -0.15) is 0 Å². The molecule has 1 atom stereocenters. The Hall–Kier alpha value is -0.940. The minimum atomic E-state index is -0.417. The number of nitrogens with one attached hydrogen (secondary N) is 2. The molecule has 0 aliphatic carbocycles. The number of amides is 1. The van der Waals surface area contributed by atoms with Crippen molar-refractivity contribution >= 4 is 22.4 Å². The molecule has 1 aliphatic rings. The predicted molar refractivity (Wildman–Crippen MR) is 61.1 cm³/mol. The molecule has 0 bridgehead atoms. The Morgan fingerprint density at radius 3 is 3.07 bits per heavy atom. The molecule has 0 radical (unpaired) electrons. The van der Waals surface area contributed by atoms with E-state index in [4.69, 9.17) is 0 Å². The van der Waals surface area contributed by atoms with Gasteiger partial charge in [-0.05, 0) is 33.2 Å². The number of rotatable bonds is 2. The van der Waals surface area contributed by atoms with E-state index >= 15 is 0 Å². The van der Waals surface area contributed by atoms with Gasteiger partial charge in [-0.15, -0.1) is 11.3 Å². The molecule has 1 amide bonds. The molecule has 0 aromatic carbocycles. The molecule has 82 valence electrons. The summed E-state index contributed by atoms with van der Waals surface area (Å²) in [5.74, 6) is 0.0225. The van der Waals surface area contributed by atoms with Crippen LogP contribution in [0, 0.1) is 6.92 Å². The second kappa shape index (κ2) is 3.90. The lowest BCUT2D eigenvalue weighted by atomic mass is 10.00. The van der Waals surface area contributed by atoms with E-state index in [-0.39, 0.29) is 5.91 Å². The topological polar surface area (TPSA) is 54.0 Å². The monoisotopic (exact) mass is 225 g/mol. The molecular weight excluding hydrogens is 210 g/mol. The molecule has 0 saturated carbocycles. The summed E-state index contributed by atoms with van der Waals surface area (Å²) >= 11 is 1.50. The first-order valence-corrected chi connectivity index (χ1v) is 5.91. The lowest BCUT2D eigenvalue weighted by Gasteiger charge is -2.21. The van der Waals surface area contributed by atoms with Crippen molar-refractivity contribution in [2.75, 3.05) is 11.9 Å². The lowest BCUT2D eigenvalue weighted by molar-refractivity contribution is -0.121. The minimum Gasteiger partial charge on any atom is -0.304 e. The number of aryl methyl sites for hydroxylation is 1. The zero-order valence-electron chi connectivity index (χ0n) is 8.96. The van der Waals surface area contributed by atoms with Gasteiger partial charge in [0.25, 0.3) is 0 Å². The molecule has 1 fully saturated rings. The molecule has 1 aliphatic heterocycles. The molecule has 1 unspecified atom stereocenters. The third kappa shape index (κ3) is 2.18. The summed E-state index contributed by atoms with van der Waals surface area (Å²) in [6.07, 6.45) is 3.72. The number of carbonyl (C=O) groups excluding carboxylic acids is 1.